The number of ether oxygens (including phenoxy) is 1. The van der Waals surface area contributed by atoms with Crippen molar-refractivity contribution >= 4 is 6.03 Å². The number of unbranched alkanes of at least 4 members (excludes halogenated alkanes) is 1. The summed E-state index contributed by atoms with van der Waals surface area (Å²) in [7, 11) is 1.74. The standard InChI is InChI=1S/C18H28N2O2/c1-22-14-8-6-11-16(15-9-3-2-4-10-15)17-12-5-7-13-20(17)18(19)21/h2-4,9-10,16-17H,5-8,11-14H2,1H3,(H2,19,21)/t16-,17?/m1/s1. The van der Waals surface area contributed by atoms with E-state index in [2.05, 4.69) is 24.3 Å². The van der Waals surface area contributed by atoms with Crippen molar-refractivity contribution in [2.45, 2.75) is 50.5 Å². The fourth-order valence-electron chi connectivity index (χ4n) is 3.54. The molecule has 2 amide bonds. The summed E-state index contributed by atoms with van der Waals surface area (Å²) in [6.07, 6.45) is 6.52. The van der Waals surface area contributed by atoms with Crippen LogP contribution in [-0.4, -0.2) is 37.2 Å². The molecular formula is C18H28N2O2. The molecule has 0 saturated carbocycles. The molecule has 2 N–H and O–H groups in total. The van der Waals surface area contributed by atoms with Crippen LogP contribution < -0.4 is 5.73 Å². The zero-order chi connectivity index (χ0) is 15.8. The second kappa shape index (κ2) is 8.79. The summed E-state index contributed by atoms with van der Waals surface area (Å²) in [5.74, 6) is 0.367. The number of benzene rings is 1. The first-order valence-corrected chi connectivity index (χ1v) is 8.34. The Hall–Kier alpha value is -1.55. The Balaban J connectivity index is 2.13. The molecule has 1 aromatic carbocycles. The van der Waals surface area contributed by atoms with E-state index in [-0.39, 0.29) is 12.1 Å². The van der Waals surface area contributed by atoms with E-state index in [1.165, 1.54) is 12.0 Å². The van der Waals surface area contributed by atoms with Gasteiger partial charge in [-0.3, -0.25) is 0 Å². The van der Waals surface area contributed by atoms with E-state index in [1.54, 1.807) is 7.11 Å². The minimum atomic E-state index is -0.275. The van der Waals surface area contributed by atoms with Crippen LogP contribution in [0.1, 0.15) is 50.0 Å². The van der Waals surface area contributed by atoms with Gasteiger partial charge in [-0.2, -0.15) is 0 Å². The van der Waals surface area contributed by atoms with E-state index in [1.807, 2.05) is 11.0 Å². The quantitative estimate of drug-likeness (QED) is 0.784. The van der Waals surface area contributed by atoms with Crippen molar-refractivity contribution in [2.75, 3.05) is 20.3 Å². The van der Waals surface area contributed by atoms with Gasteiger partial charge < -0.3 is 15.4 Å². The predicted molar refractivity (Wildman–Crippen MR) is 88.8 cm³/mol. The lowest BCUT2D eigenvalue weighted by atomic mass is 9.82. The molecule has 1 fully saturated rings. The predicted octanol–water partition coefficient (Wildman–Crippen LogP) is 3.52. The zero-order valence-electron chi connectivity index (χ0n) is 13.5. The third kappa shape index (κ3) is 4.47. The molecule has 2 rings (SSSR count). The molecule has 1 unspecified atom stereocenters. The first kappa shape index (κ1) is 16.8. The van der Waals surface area contributed by atoms with Gasteiger partial charge in [0.1, 0.15) is 0 Å². The number of rotatable bonds is 7. The van der Waals surface area contributed by atoms with E-state index < -0.39 is 0 Å². The number of carbonyl (C=O) groups is 1. The molecule has 1 aromatic rings. The fraction of sp³-hybridized carbons (Fsp3) is 0.611. The van der Waals surface area contributed by atoms with Gasteiger partial charge in [-0.05, 0) is 37.7 Å². The lowest BCUT2D eigenvalue weighted by Crippen LogP contribution is -2.49. The van der Waals surface area contributed by atoms with Crippen LogP contribution in [0.3, 0.4) is 0 Å². The highest BCUT2D eigenvalue weighted by atomic mass is 16.5. The van der Waals surface area contributed by atoms with Crippen molar-refractivity contribution < 1.29 is 9.53 Å². The first-order valence-electron chi connectivity index (χ1n) is 8.34. The average molecular weight is 304 g/mol. The van der Waals surface area contributed by atoms with E-state index in [0.717, 1.165) is 45.3 Å². The van der Waals surface area contributed by atoms with Gasteiger partial charge in [0.2, 0.25) is 0 Å². The number of amides is 2. The smallest absolute Gasteiger partial charge is 0.315 e. The Morgan fingerprint density at radius 3 is 2.77 bits per heavy atom. The molecule has 122 valence electrons. The molecule has 4 nitrogen and oxygen atoms in total. The second-order valence-electron chi connectivity index (χ2n) is 6.10. The highest BCUT2D eigenvalue weighted by molar-refractivity contribution is 5.72. The van der Waals surface area contributed by atoms with Crippen molar-refractivity contribution in [1.29, 1.82) is 0 Å². The summed E-state index contributed by atoms with van der Waals surface area (Å²) < 4.78 is 5.15. The second-order valence-corrected chi connectivity index (χ2v) is 6.10. The summed E-state index contributed by atoms with van der Waals surface area (Å²) in [6.45, 7) is 1.59. The maximum Gasteiger partial charge on any atom is 0.315 e. The molecule has 1 aliphatic rings. The van der Waals surface area contributed by atoms with Crippen LogP contribution in [0.25, 0.3) is 0 Å². The van der Waals surface area contributed by atoms with Gasteiger partial charge in [0, 0.05) is 32.2 Å². The summed E-state index contributed by atoms with van der Waals surface area (Å²) >= 11 is 0. The fourth-order valence-corrected chi connectivity index (χ4v) is 3.54. The van der Waals surface area contributed by atoms with Crippen LogP contribution in [0.2, 0.25) is 0 Å². The Morgan fingerprint density at radius 1 is 1.32 bits per heavy atom. The van der Waals surface area contributed by atoms with Crippen molar-refractivity contribution in [2.24, 2.45) is 5.73 Å². The topological polar surface area (TPSA) is 55.6 Å². The lowest BCUT2D eigenvalue weighted by molar-refractivity contribution is 0.139. The van der Waals surface area contributed by atoms with Gasteiger partial charge in [0.15, 0.2) is 0 Å². The van der Waals surface area contributed by atoms with Gasteiger partial charge in [-0.25, -0.2) is 4.79 Å². The number of methoxy groups -OCH3 is 1. The highest BCUT2D eigenvalue weighted by Gasteiger charge is 2.32. The molecule has 22 heavy (non-hydrogen) atoms. The number of primary amides is 1. The minimum Gasteiger partial charge on any atom is -0.385 e. The summed E-state index contributed by atoms with van der Waals surface area (Å²) in [5.41, 5.74) is 6.93. The lowest BCUT2D eigenvalue weighted by Gasteiger charge is -2.40. The van der Waals surface area contributed by atoms with Gasteiger partial charge in [-0.1, -0.05) is 36.8 Å². The number of carbonyl (C=O) groups excluding carboxylic acids is 1. The molecule has 0 spiro atoms. The van der Waals surface area contributed by atoms with Crippen molar-refractivity contribution in [3.8, 4) is 0 Å². The Labute approximate surface area is 133 Å². The maximum absolute atomic E-state index is 11.8. The van der Waals surface area contributed by atoms with E-state index in [9.17, 15) is 4.79 Å². The Kier molecular flexibility index (Phi) is 6.72. The molecule has 2 atom stereocenters. The SMILES string of the molecule is COCCCC[C@H](c1ccccc1)C1CCCCN1C(N)=O. The van der Waals surface area contributed by atoms with Gasteiger partial charge in [-0.15, -0.1) is 0 Å². The van der Waals surface area contributed by atoms with Gasteiger partial charge >= 0.3 is 6.03 Å². The van der Waals surface area contributed by atoms with Crippen LogP contribution in [0, 0.1) is 0 Å². The Morgan fingerprint density at radius 2 is 2.09 bits per heavy atom. The van der Waals surface area contributed by atoms with Crippen molar-refractivity contribution in [3.63, 3.8) is 0 Å². The van der Waals surface area contributed by atoms with E-state index >= 15 is 0 Å². The zero-order valence-corrected chi connectivity index (χ0v) is 13.5. The van der Waals surface area contributed by atoms with Crippen molar-refractivity contribution in [3.05, 3.63) is 35.9 Å². The molecule has 0 aromatic heterocycles. The van der Waals surface area contributed by atoms with E-state index in [4.69, 9.17) is 10.5 Å². The first-order chi connectivity index (χ1) is 10.7. The van der Waals surface area contributed by atoms with Crippen LogP contribution in [-0.2, 0) is 4.74 Å². The molecule has 1 heterocycles. The normalized spacial score (nSPS) is 19.9. The van der Waals surface area contributed by atoms with Crippen LogP contribution in [0.5, 0.6) is 0 Å². The van der Waals surface area contributed by atoms with Crippen LogP contribution in [0.15, 0.2) is 30.3 Å². The number of hydrogen-bond donors (Lipinski definition) is 1. The monoisotopic (exact) mass is 304 g/mol. The molecule has 0 bridgehead atoms. The van der Waals surface area contributed by atoms with Gasteiger partial charge in [0.25, 0.3) is 0 Å². The molecule has 1 saturated heterocycles. The third-order valence-corrected chi connectivity index (χ3v) is 4.64. The molecule has 0 radical (unpaired) electrons. The molecule has 1 aliphatic heterocycles. The van der Waals surface area contributed by atoms with E-state index in [0.29, 0.717) is 5.92 Å². The summed E-state index contributed by atoms with van der Waals surface area (Å²) in [6, 6.07) is 10.5. The molecule has 0 aliphatic carbocycles. The largest absolute Gasteiger partial charge is 0.385 e. The molecular weight excluding hydrogens is 276 g/mol. The van der Waals surface area contributed by atoms with Crippen LogP contribution in [0.4, 0.5) is 4.79 Å². The average Bonchev–Trinajstić information content (AvgIpc) is 2.56. The van der Waals surface area contributed by atoms with Crippen LogP contribution >= 0.6 is 0 Å². The number of nitrogens with zero attached hydrogens (tertiary/aromatic N) is 1. The third-order valence-electron chi connectivity index (χ3n) is 4.64. The van der Waals surface area contributed by atoms with Gasteiger partial charge in [0.05, 0.1) is 0 Å². The number of urea groups is 1. The summed E-state index contributed by atoms with van der Waals surface area (Å²) in [4.78, 5) is 13.7. The number of nitrogens with two attached hydrogens (primary N) is 1. The molecule has 4 heteroatoms. The number of likely N-dealkylation sites (tertiary alicyclic amines) is 1. The number of hydrogen-bond acceptors (Lipinski definition) is 2. The Bertz CT molecular complexity index is 450. The maximum atomic E-state index is 11.8. The highest BCUT2D eigenvalue weighted by Crippen LogP contribution is 2.34. The number of piperidine rings is 1. The summed E-state index contributed by atoms with van der Waals surface area (Å²) in [5, 5.41) is 0. The van der Waals surface area contributed by atoms with Crippen molar-refractivity contribution in [1.82, 2.24) is 4.90 Å². The minimum absolute atomic E-state index is 0.233.